The lowest BCUT2D eigenvalue weighted by Gasteiger charge is -2.23. The van der Waals surface area contributed by atoms with Crippen molar-refractivity contribution in [3.8, 4) is 0 Å². The highest BCUT2D eigenvalue weighted by molar-refractivity contribution is 6.31. The molecule has 0 saturated heterocycles. The molecule has 4 aromatic rings. The van der Waals surface area contributed by atoms with Crippen molar-refractivity contribution in [3.05, 3.63) is 74.3 Å². The van der Waals surface area contributed by atoms with Gasteiger partial charge >= 0.3 is 0 Å². The van der Waals surface area contributed by atoms with Crippen molar-refractivity contribution in [3.63, 3.8) is 0 Å². The number of halogens is 1. The van der Waals surface area contributed by atoms with Gasteiger partial charge in [-0.15, -0.1) is 0 Å². The second kappa shape index (κ2) is 11.0. The number of hydrogen-bond donors (Lipinski definition) is 6. The van der Waals surface area contributed by atoms with Crippen LogP contribution < -0.4 is 10.9 Å². The number of nitrogens with one attached hydrogen (secondary N) is 2. The molecule has 0 aliphatic carbocycles. The van der Waals surface area contributed by atoms with E-state index in [2.05, 4.69) is 15.3 Å². The maximum atomic E-state index is 13.3. The molecular weight excluding hydrogens is 500 g/mol. The van der Waals surface area contributed by atoms with E-state index in [1.165, 1.54) is 0 Å². The third-order valence-electron chi connectivity index (χ3n) is 6.53. The SMILES string of the molecule is Cc1cc2nc(C(=O)NCCc3c[nH]c4ccc(Cl)cc34)c(=O)n(C[C@H](O)[C@H](O)[C@H](O)CO)c2cc1C. The Morgan fingerprint density at radius 2 is 1.86 bits per heavy atom. The molecule has 37 heavy (non-hydrogen) atoms. The molecule has 10 nitrogen and oxygen atoms in total. The van der Waals surface area contributed by atoms with Crippen molar-refractivity contribution < 1.29 is 25.2 Å². The molecule has 0 spiro atoms. The first-order valence-electron chi connectivity index (χ1n) is 11.8. The second-order valence-corrected chi connectivity index (χ2v) is 9.56. The number of carbonyl (C=O) groups excluding carboxylic acids is 1. The Hall–Kier alpha value is -3.28. The summed E-state index contributed by atoms with van der Waals surface area (Å²) in [5.41, 5.74) is 3.25. The number of fused-ring (bicyclic) bond motifs is 2. The molecule has 0 aliphatic rings. The van der Waals surface area contributed by atoms with Crippen LogP contribution in [0, 0.1) is 13.8 Å². The molecule has 2 heterocycles. The number of aryl methyl sites for hydroxylation is 2. The Kier molecular flexibility index (Phi) is 7.96. The topological polar surface area (TPSA) is 161 Å². The summed E-state index contributed by atoms with van der Waals surface area (Å²) in [5.74, 6) is -0.679. The van der Waals surface area contributed by atoms with Gasteiger partial charge in [-0.3, -0.25) is 9.59 Å². The average Bonchev–Trinajstić information content (AvgIpc) is 3.27. The van der Waals surface area contributed by atoms with Gasteiger partial charge in [-0.1, -0.05) is 11.6 Å². The van der Waals surface area contributed by atoms with Crippen LogP contribution in [-0.4, -0.2) is 72.3 Å². The number of nitrogens with zero attached hydrogens (tertiary/aromatic N) is 2. The zero-order valence-electron chi connectivity index (χ0n) is 20.4. The number of aromatic nitrogens is 3. The van der Waals surface area contributed by atoms with Crippen LogP contribution in [0.5, 0.6) is 0 Å². The van der Waals surface area contributed by atoms with Crippen LogP contribution in [-0.2, 0) is 13.0 Å². The Bertz CT molecular complexity index is 1510. The minimum Gasteiger partial charge on any atom is -0.394 e. The van der Waals surface area contributed by atoms with Crippen molar-refractivity contribution in [1.82, 2.24) is 19.9 Å². The summed E-state index contributed by atoms with van der Waals surface area (Å²) in [6.45, 7) is 2.76. The van der Waals surface area contributed by atoms with Gasteiger partial charge in [0.2, 0.25) is 0 Å². The number of carbonyl (C=O) groups is 1. The lowest BCUT2D eigenvalue weighted by Crippen LogP contribution is -2.44. The number of aromatic amines is 1. The van der Waals surface area contributed by atoms with E-state index in [1.807, 2.05) is 32.2 Å². The molecule has 0 bridgehead atoms. The smallest absolute Gasteiger partial charge is 0.282 e. The van der Waals surface area contributed by atoms with Gasteiger partial charge in [0.05, 0.1) is 24.2 Å². The minimum atomic E-state index is -1.70. The fourth-order valence-corrected chi connectivity index (χ4v) is 4.41. The van der Waals surface area contributed by atoms with Crippen LogP contribution in [0.4, 0.5) is 0 Å². The number of amides is 1. The molecule has 3 atom stereocenters. The van der Waals surface area contributed by atoms with Gasteiger partial charge in [-0.25, -0.2) is 4.98 Å². The fourth-order valence-electron chi connectivity index (χ4n) is 4.24. The van der Waals surface area contributed by atoms with Gasteiger partial charge in [-0.2, -0.15) is 0 Å². The molecule has 0 aliphatic heterocycles. The van der Waals surface area contributed by atoms with E-state index in [0.29, 0.717) is 22.5 Å². The fraction of sp³-hybridized carbons (Fsp3) is 0.346. The van der Waals surface area contributed by atoms with Crippen LogP contribution in [0.25, 0.3) is 21.9 Å². The van der Waals surface area contributed by atoms with Gasteiger partial charge in [-0.05, 0) is 67.3 Å². The van der Waals surface area contributed by atoms with E-state index in [1.54, 1.807) is 18.2 Å². The number of H-pyrrole nitrogens is 1. The summed E-state index contributed by atoms with van der Waals surface area (Å²) in [7, 11) is 0. The number of benzene rings is 2. The molecule has 0 unspecified atom stereocenters. The summed E-state index contributed by atoms with van der Waals surface area (Å²) in [6.07, 6.45) is -2.56. The van der Waals surface area contributed by atoms with Crippen molar-refractivity contribution in [1.29, 1.82) is 0 Å². The highest BCUT2D eigenvalue weighted by Crippen LogP contribution is 2.23. The van der Waals surface area contributed by atoms with Gasteiger partial charge in [0.1, 0.15) is 18.3 Å². The van der Waals surface area contributed by atoms with Crippen LogP contribution >= 0.6 is 11.6 Å². The molecule has 4 rings (SSSR count). The van der Waals surface area contributed by atoms with E-state index >= 15 is 0 Å². The quantitative estimate of drug-likeness (QED) is 0.190. The number of rotatable bonds is 9. The molecule has 1 amide bonds. The summed E-state index contributed by atoms with van der Waals surface area (Å²) in [6, 6.07) is 8.94. The first-order chi connectivity index (χ1) is 17.6. The molecule has 0 saturated carbocycles. The first kappa shape index (κ1) is 26.8. The zero-order valence-corrected chi connectivity index (χ0v) is 21.2. The molecule has 0 fully saturated rings. The Balaban J connectivity index is 1.62. The number of hydrogen-bond acceptors (Lipinski definition) is 7. The van der Waals surface area contributed by atoms with Gasteiger partial charge in [0, 0.05) is 28.7 Å². The van der Waals surface area contributed by atoms with Crippen LogP contribution in [0.3, 0.4) is 0 Å². The van der Waals surface area contributed by atoms with Crippen LogP contribution in [0.15, 0.2) is 41.3 Å². The first-order valence-corrected chi connectivity index (χ1v) is 12.2. The van der Waals surface area contributed by atoms with Crippen LogP contribution in [0.1, 0.15) is 27.2 Å². The van der Waals surface area contributed by atoms with Gasteiger partial charge < -0.3 is 35.3 Å². The molecule has 2 aromatic heterocycles. The molecule has 2 aromatic carbocycles. The molecular formula is C26H29ClN4O6. The molecule has 196 valence electrons. The third kappa shape index (κ3) is 5.53. The molecule has 11 heteroatoms. The Morgan fingerprint density at radius 1 is 1.14 bits per heavy atom. The third-order valence-corrected chi connectivity index (χ3v) is 6.77. The normalized spacial score (nSPS) is 14.1. The predicted molar refractivity (Wildman–Crippen MR) is 140 cm³/mol. The maximum Gasteiger partial charge on any atom is 0.282 e. The largest absolute Gasteiger partial charge is 0.394 e. The van der Waals surface area contributed by atoms with E-state index in [4.69, 9.17) is 16.7 Å². The van der Waals surface area contributed by atoms with Crippen LogP contribution in [0.2, 0.25) is 5.02 Å². The lowest BCUT2D eigenvalue weighted by atomic mass is 10.1. The average molecular weight is 529 g/mol. The predicted octanol–water partition coefficient (Wildman–Crippen LogP) is 1.20. The van der Waals surface area contributed by atoms with E-state index in [0.717, 1.165) is 32.2 Å². The standard InChI is InChI=1S/C26H29ClN4O6/c1-13-7-19-20(8-14(13)2)31(11-21(33)24(35)22(34)12-32)26(37)23(30-19)25(36)28-6-5-15-10-29-18-4-3-16(27)9-17(15)18/h3-4,7-10,21-22,24,29,32-35H,5-6,11-12H2,1-2H3,(H,28,36)/t21-,22+,24-/m0/s1. The highest BCUT2D eigenvalue weighted by Gasteiger charge is 2.27. The van der Waals surface area contributed by atoms with Gasteiger partial charge in [0.25, 0.3) is 11.5 Å². The van der Waals surface area contributed by atoms with E-state index in [9.17, 15) is 24.9 Å². The van der Waals surface area contributed by atoms with E-state index in [-0.39, 0.29) is 12.2 Å². The second-order valence-electron chi connectivity index (χ2n) is 9.12. The summed E-state index contributed by atoms with van der Waals surface area (Å²) < 4.78 is 1.16. The summed E-state index contributed by atoms with van der Waals surface area (Å²) in [4.78, 5) is 33.8. The van der Waals surface area contributed by atoms with Crippen molar-refractivity contribution in [2.75, 3.05) is 13.2 Å². The van der Waals surface area contributed by atoms with Crippen molar-refractivity contribution >= 4 is 39.4 Å². The number of aliphatic hydroxyl groups is 4. The Morgan fingerprint density at radius 3 is 2.59 bits per heavy atom. The molecule has 6 N–H and O–H groups in total. The minimum absolute atomic E-state index is 0.231. The zero-order chi connectivity index (χ0) is 26.9. The highest BCUT2D eigenvalue weighted by atomic mass is 35.5. The monoisotopic (exact) mass is 528 g/mol. The van der Waals surface area contributed by atoms with Crippen molar-refractivity contribution in [2.45, 2.75) is 45.1 Å². The Labute approximate surface area is 217 Å². The lowest BCUT2D eigenvalue weighted by molar-refractivity contribution is -0.0805. The summed E-state index contributed by atoms with van der Waals surface area (Å²) >= 11 is 6.11. The number of aliphatic hydroxyl groups excluding tert-OH is 4. The van der Waals surface area contributed by atoms with Crippen molar-refractivity contribution in [2.24, 2.45) is 0 Å². The van der Waals surface area contributed by atoms with Gasteiger partial charge in [0.15, 0.2) is 5.69 Å². The van der Waals surface area contributed by atoms with E-state index < -0.39 is 42.9 Å². The maximum absolute atomic E-state index is 13.3. The molecule has 0 radical (unpaired) electrons. The summed E-state index contributed by atoms with van der Waals surface area (Å²) in [5, 5.41) is 43.6.